The number of aryl methyl sites for hydroxylation is 1. The standard InChI is InChI=1S/C7H7F3O2/c1-4-2-3-5(12-4)6(11)7(8,9)10/h2-3,6,11H,1H3/t6-/m0/s1. The molecule has 0 radical (unpaired) electrons. The molecule has 2 nitrogen and oxygen atoms in total. The zero-order chi connectivity index (χ0) is 9.35. The molecule has 1 aromatic heterocycles. The number of hydrogen-bond acceptors (Lipinski definition) is 2. The van der Waals surface area contributed by atoms with E-state index in [1.807, 2.05) is 0 Å². The molecule has 12 heavy (non-hydrogen) atoms. The van der Waals surface area contributed by atoms with Crippen molar-refractivity contribution in [2.24, 2.45) is 0 Å². The van der Waals surface area contributed by atoms with Gasteiger partial charge < -0.3 is 9.52 Å². The zero-order valence-electron chi connectivity index (χ0n) is 6.22. The summed E-state index contributed by atoms with van der Waals surface area (Å²) in [7, 11) is 0. The van der Waals surface area contributed by atoms with E-state index in [-0.39, 0.29) is 0 Å². The van der Waals surface area contributed by atoms with Gasteiger partial charge in [-0.15, -0.1) is 0 Å². The van der Waals surface area contributed by atoms with Crippen LogP contribution in [0.3, 0.4) is 0 Å². The second-order valence-electron chi connectivity index (χ2n) is 2.39. The average Bonchev–Trinajstić information content (AvgIpc) is 2.32. The molecule has 68 valence electrons. The van der Waals surface area contributed by atoms with Gasteiger partial charge in [0.05, 0.1) is 0 Å². The van der Waals surface area contributed by atoms with Crippen molar-refractivity contribution >= 4 is 0 Å². The van der Waals surface area contributed by atoms with Gasteiger partial charge in [-0.05, 0) is 19.1 Å². The number of halogens is 3. The molecule has 0 amide bonds. The SMILES string of the molecule is Cc1ccc([C@H](O)C(F)(F)F)o1. The lowest BCUT2D eigenvalue weighted by Crippen LogP contribution is -2.19. The first-order valence-electron chi connectivity index (χ1n) is 3.22. The van der Waals surface area contributed by atoms with Crippen molar-refractivity contribution in [3.63, 3.8) is 0 Å². The van der Waals surface area contributed by atoms with Crippen molar-refractivity contribution in [1.82, 2.24) is 0 Å². The molecule has 0 aliphatic heterocycles. The summed E-state index contributed by atoms with van der Waals surface area (Å²) in [5, 5.41) is 8.65. The first-order chi connectivity index (χ1) is 5.41. The van der Waals surface area contributed by atoms with Crippen LogP contribution in [0, 0.1) is 6.92 Å². The first kappa shape index (κ1) is 9.12. The van der Waals surface area contributed by atoms with E-state index in [1.54, 1.807) is 0 Å². The van der Waals surface area contributed by atoms with Crippen molar-refractivity contribution in [3.05, 3.63) is 23.7 Å². The largest absolute Gasteiger partial charge is 0.463 e. The van der Waals surface area contributed by atoms with E-state index in [2.05, 4.69) is 4.42 Å². The van der Waals surface area contributed by atoms with Crippen LogP contribution in [0.25, 0.3) is 0 Å². The summed E-state index contributed by atoms with van der Waals surface area (Å²) >= 11 is 0. The fourth-order valence-corrected chi connectivity index (χ4v) is 0.762. The Balaban J connectivity index is 2.85. The van der Waals surface area contributed by atoms with Crippen molar-refractivity contribution in [2.45, 2.75) is 19.2 Å². The van der Waals surface area contributed by atoms with Crippen LogP contribution in [0.5, 0.6) is 0 Å². The van der Waals surface area contributed by atoms with E-state index in [4.69, 9.17) is 5.11 Å². The normalized spacial score (nSPS) is 14.8. The summed E-state index contributed by atoms with van der Waals surface area (Å²) in [4.78, 5) is 0. The lowest BCUT2D eigenvalue weighted by atomic mass is 10.3. The highest BCUT2D eigenvalue weighted by Crippen LogP contribution is 2.32. The van der Waals surface area contributed by atoms with E-state index >= 15 is 0 Å². The molecule has 0 saturated carbocycles. The molecule has 1 rings (SSSR count). The van der Waals surface area contributed by atoms with Crippen LogP contribution in [0.2, 0.25) is 0 Å². The Kier molecular flexibility index (Phi) is 2.14. The van der Waals surface area contributed by atoms with E-state index in [0.717, 1.165) is 6.07 Å². The summed E-state index contributed by atoms with van der Waals surface area (Å²) in [6.07, 6.45) is -7.18. The Morgan fingerprint density at radius 2 is 2.00 bits per heavy atom. The minimum absolute atomic E-state index is 0.341. The molecule has 0 aromatic carbocycles. The van der Waals surface area contributed by atoms with Crippen molar-refractivity contribution in [1.29, 1.82) is 0 Å². The number of aliphatic hydroxyl groups is 1. The van der Waals surface area contributed by atoms with Crippen LogP contribution in [0.15, 0.2) is 16.5 Å². The molecule has 0 unspecified atom stereocenters. The van der Waals surface area contributed by atoms with Gasteiger partial charge >= 0.3 is 6.18 Å². The maximum Gasteiger partial charge on any atom is 0.421 e. The van der Waals surface area contributed by atoms with Gasteiger partial charge in [0.1, 0.15) is 11.5 Å². The number of furan rings is 1. The van der Waals surface area contributed by atoms with Gasteiger partial charge in [-0.1, -0.05) is 0 Å². The first-order valence-corrected chi connectivity index (χ1v) is 3.22. The van der Waals surface area contributed by atoms with E-state index in [9.17, 15) is 13.2 Å². The van der Waals surface area contributed by atoms with Gasteiger partial charge in [0.15, 0.2) is 0 Å². The molecule has 0 bridgehead atoms. The fourth-order valence-electron chi connectivity index (χ4n) is 0.762. The number of rotatable bonds is 1. The Labute approximate surface area is 66.6 Å². The van der Waals surface area contributed by atoms with Crippen molar-refractivity contribution < 1.29 is 22.7 Å². The van der Waals surface area contributed by atoms with Crippen LogP contribution in [0.4, 0.5) is 13.2 Å². The maximum absolute atomic E-state index is 11.8. The third kappa shape index (κ3) is 1.79. The average molecular weight is 180 g/mol. The molecule has 1 heterocycles. The van der Waals surface area contributed by atoms with Gasteiger partial charge in [-0.3, -0.25) is 0 Å². The molecule has 0 spiro atoms. The summed E-state index contributed by atoms with van der Waals surface area (Å²) in [5.74, 6) is -0.131. The number of aliphatic hydroxyl groups excluding tert-OH is 1. The topological polar surface area (TPSA) is 33.4 Å². The fraction of sp³-hybridized carbons (Fsp3) is 0.429. The zero-order valence-corrected chi connectivity index (χ0v) is 6.22. The third-order valence-electron chi connectivity index (χ3n) is 1.34. The van der Waals surface area contributed by atoms with E-state index in [1.165, 1.54) is 13.0 Å². The molecule has 1 N–H and O–H groups in total. The van der Waals surface area contributed by atoms with Crippen LogP contribution in [-0.2, 0) is 0 Å². The Morgan fingerprint density at radius 1 is 1.42 bits per heavy atom. The Morgan fingerprint density at radius 3 is 2.33 bits per heavy atom. The summed E-state index contributed by atoms with van der Waals surface area (Å²) in [6.45, 7) is 1.51. The number of hydrogen-bond donors (Lipinski definition) is 1. The molecule has 5 heteroatoms. The summed E-state index contributed by atoms with van der Waals surface area (Å²) in [6, 6.07) is 2.47. The quantitative estimate of drug-likeness (QED) is 0.718. The minimum Gasteiger partial charge on any atom is -0.463 e. The van der Waals surface area contributed by atoms with Gasteiger partial charge in [0.2, 0.25) is 6.10 Å². The lowest BCUT2D eigenvalue weighted by Gasteiger charge is -2.11. The van der Waals surface area contributed by atoms with Gasteiger partial charge in [-0.25, -0.2) is 0 Å². The molecule has 1 aromatic rings. The third-order valence-corrected chi connectivity index (χ3v) is 1.34. The highest BCUT2D eigenvalue weighted by atomic mass is 19.4. The van der Waals surface area contributed by atoms with Crippen LogP contribution in [0.1, 0.15) is 17.6 Å². The molecule has 1 atom stereocenters. The number of alkyl halides is 3. The molecule has 0 fully saturated rings. The highest BCUT2D eigenvalue weighted by Gasteiger charge is 2.41. The van der Waals surface area contributed by atoms with Gasteiger partial charge in [0, 0.05) is 0 Å². The van der Waals surface area contributed by atoms with Crippen LogP contribution in [-0.4, -0.2) is 11.3 Å². The van der Waals surface area contributed by atoms with Crippen molar-refractivity contribution in [3.8, 4) is 0 Å². The van der Waals surface area contributed by atoms with E-state index < -0.39 is 18.0 Å². The van der Waals surface area contributed by atoms with Gasteiger partial charge in [0.25, 0.3) is 0 Å². The van der Waals surface area contributed by atoms with Crippen molar-refractivity contribution in [2.75, 3.05) is 0 Å². The van der Waals surface area contributed by atoms with E-state index in [0.29, 0.717) is 5.76 Å². The second-order valence-corrected chi connectivity index (χ2v) is 2.39. The highest BCUT2D eigenvalue weighted by molar-refractivity contribution is 5.09. The van der Waals surface area contributed by atoms with Crippen LogP contribution >= 0.6 is 0 Å². The van der Waals surface area contributed by atoms with Gasteiger partial charge in [-0.2, -0.15) is 13.2 Å². The Hall–Kier alpha value is -0.970. The summed E-state index contributed by atoms with van der Waals surface area (Å²) in [5.41, 5.74) is 0. The molecule has 0 aliphatic rings. The molecule has 0 saturated heterocycles. The molecular formula is C7H7F3O2. The monoisotopic (exact) mass is 180 g/mol. The molecule has 0 aliphatic carbocycles. The second kappa shape index (κ2) is 2.82. The minimum atomic E-state index is -4.66. The Bertz CT molecular complexity index is 264. The lowest BCUT2D eigenvalue weighted by molar-refractivity contribution is -0.211. The predicted octanol–water partition coefficient (Wildman–Crippen LogP) is 2.18. The predicted molar refractivity (Wildman–Crippen MR) is 34.5 cm³/mol. The maximum atomic E-state index is 11.8. The molecular weight excluding hydrogens is 173 g/mol. The smallest absolute Gasteiger partial charge is 0.421 e. The summed E-state index contributed by atoms with van der Waals surface area (Å²) < 4.78 is 40.1. The van der Waals surface area contributed by atoms with Crippen LogP contribution < -0.4 is 0 Å².